The molecule has 0 spiro atoms. The molecule has 3 rings (SSSR count). The van der Waals surface area contributed by atoms with Gasteiger partial charge in [0.15, 0.2) is 5.76 Å². The monoisotopic (exact) mass is 413 g/mol. The molecule has 0 saturated carbocycles. The molecular formula is C22H27N3O5. The van der Waals surface area contributed by atoms with E-state index in [2.05, 4.69) is 5.32 Å². The third-order valence-electron chi connectivity index (χ3n) is 4.72. The Balaban J connectivity index is 1.54. The van der Waals surface area contributed by atoms with Crippen molar-refractivity contribution in [2.45, 2.75) is 20.3 Å². The number of nitrogens with zero attached hydrogens (tertiary/aromatic N) is 2. The maximum Gasteiger partial charge on any atom is 0.409 e. The average Bonchev–Trinajstić information content (AvgIpc) is 3.17. The Morgan fingerprint density at radius 2 is 1.73 bits per heavy atom. The maximum absolute atomic E-state index is 12.9. The SMILES string of the molecule is CC(C)COC(=O)N1CCCN(C(=O)c2ccc(NC(=O)c3ccco3)cc2)CC1. The topological polar surface area (TPSA) is 92.1 Å². The molecule has 1 saturated heterocycles. The van der Waals surface area contributed by atoms with Crippen LogP contribution in [0.4, 0.5) is 10.5 Å². The molecule has 0 aliphatic carbocycles. The van der Waals surface area contributed by atoms with Crippen molar-refractivity contribution in [2.75, 3.05) is 38.1 Å². The molecular weight excluding hydrogens is 386 g/mol. The van der Waals surface area contributed by atoms with E-state index in [1.807, 2.05) is 13.8 Å². The molecule has 1 aromatic heterocycles. The molecule has 1 fully saturated rings. The predicted molar refractivity (Wildman–Crippen MR) is 111 cm³/mol. The summed E-state index contributed by atoms with van der Waals surface area (Å²) in [6, 6.07) is 9.94. The van der Waals surface area contributed by atoms with Gasteiger partial charge in [0, 0.05) is 37.4 Å². The Labute approximate surface area is 175 Å². The molecule has 3 amide bonds. The van der Waals surface area contributed by atoms with Gasteiger partial charge in [-0.05, 0) is 48.7 Å². The number of hydrogen-bond donors (Lipinski definition) is 1. The highest BCUT2D eigenvalue weighted by molar-refractivity contribution is 6.02. The smallest absolute Gasteiger partial charge is 0.409 e. The first-order valence-corrected chi connectivity index (χ1v) is 10.1. The highest BCUT2D eigenvalue weighted by Gasteiger charge is 2.23. The minimum absolute atomic E-state index is 0.101. The van der Waals surface area contributed by atoms with Gasteiger partial charge in [0.25, 0.3) is 11.8 Å². The summed E-state index contributed by atoms with van der Waals surface area (Å²) in [5.74, 6) is 0.0504. The van der Waals surface area contributed by atoms with E-state index in [-0.39, 0.29) is 29.6 Å². The quantitative estimate of drug-likeness (QED) is 0.810. The molecule has 160 valence electrons. The van der Waals surface area contributed by atoms with Gasteiger partial charge in [-0.25, -0.2) is 4.79 Å². The van der Waals surface area contributed by atoms with Gasteiger partial charge in [0.2, 0.25) is 0 Å². The molecule has 8 heteroatoms. The Hall–Kier alpha value is -3.29. The fourth-order valence-corrected chi connectivity index (χ4v) is 3.11. The number of anilines is 1. The molecule has 0 atom stereocenters. The normalized spacial score (nSPS) is 14.4. The van der Waals surface area contributed by atoms with E-state index in [9.17, 15) is 14.4 Å². The lowest BCUT2D eigenvalue weighted by atomic mass is 10.1. The van der Waals surface area contributed by atoms with E-state index in [4.69, 9.17) is 9.15 Å². The van der Waals surface area contributed by atoms with Crippen molar-refractivity contribution in [3.05, 3.63) is 54.0 Å². The second-order valence-electron chi connectivity index (χ2n) is 7.61. The van der Waals surface area contributed by atoms with Crippen molar-refractivity contribution in [1.82, 2.24) is 9.80 Å². The Morgan fingerprint density at radius 1 is 1.03 bits per heavy atom. The number of furan rings is 1. The van der Waals surface area contributed by atoms with Crippen LogP contribution in [0.2, 0.25) is 0 Å². The van der Waals surface area contributed by atoms with Crippen LogP contribution in [0.5, 0.6) is 0 Å². The highest BCUT2D eigenvalue weighted by atomic mass is 16.6. The molecule has 8 nitrogen and oxygen atoms in total. The van der Waals surface area contributed by atoms with Gasteiger partial charge in [-0.2, -0.15) is 0 Å². The fourth-order valence-electron chi connectivity index (χ4n) is 3.11. The van der Waals surface area contributed by atoms with Crippen molar-refractivity contribution in [3.8, 4) is 0 Å². The molecule has 1 aliphatic heterocycles. The number of carbonyl (C=O) groups is 3. The first kappa shape index (κ1) is 21.4. The van der Waals surface area contributed by atoms with E-state index >= 15 is 0 Å². The summed E-state index contributed by atoms with van der Waals surface area (Å²) in [5, 5.41) is 2.72. The van der Waals surface area contributed by atoms with Crippen LogP contribution in [0.25, 0.3) is 0 Å². The summed E-state index contributed by atoms with van der Waals surface area (Å²) < 4.78 is 10.4. The molecule has 0 unspecified atom stereocenters. The lowest BCUT2D eigenvalue weighted by Crippen LogP contribution is -2.37. The first-order chi connectivity index (χ1) is 14.4. The Bertz CT molecular complexity index is 861. The van der Waals surface area contributed by atoms with Crippen molar-refractivity contribution in [2.24, 2.45) is 5.92 Å². The first-order valence-electron chi connectivity index (χ1n) is 10.1. The van der Waals surface area contributed by atoms with Gasteiger partial charge in [-0.1, -0.05) is 13.8 Å². The van der Waals surface area contributed by atoms with Crippen LogP contribution in [-0.2, 0) is 4.74 Å². The lowest BCUT2D eigenvalue weighted by Gasteiger charge is -2.22. The molecule has 0 bridgehead atoms. The summed E-state index contributed by atoms with van der Waals surface area (Å²) in [6.07, 6.45) is 1.80. The van der Waals surface area contributed by atoms with Gasteiger partial charge in [0.1, 0.15) is 0 Å². The van der Waals surface area contributed by atoms with Crippen LogP contribution < -0.4 is 5.32 Å². The van der Waals surface area contributed by atoms with Gasteiger partial charge in [-0.15, -0.1) is 0 Å². The zero-order chi connectivity index (χ0) is 21.5. The number of hydrogen-bond acceptors (Lipinski definition) is 5. The number of carbonyl (C=O) groups excluding carboxylic acids is 3. The number of nitrogens with one attached hydrogen (secondary N) is 1. The maximum atomic E-state index is 12.9. The summed E-state index contributed by atoms with van der Waals surface area (Å²) in [7, 11) is 0. The second kappa shape index (κ2) is 9.96. The van der Waals surface area contributed by atoms with E-state index < -0.39 is 0 Å². The predicted octanol–water partition coefficient (Wildman–Crippen LogP) is 3.47. The molecule has 1 aromatic carbocycles. The zero-order valence-electron chi connectivity index (χ0n) is 17.3. The van der Waals surface area contributed by atoms with Crippen LogP contribution in [-0.4, -0.2) is 60.5 Å². The second-order valence-corrected chi connectivity index (χ2v) is 7.61. The largest absolute Gasteiger partial charge is 0.459 e. The molecule has 2 aromatic rings. The molecule has 1 aliphatic rings. The standard InChI is InChI=1S/C22H27N3O5/c1-16(2)15-30-22(28)25-11-4-10-24(12-13-25)21(27)17-6-8-18(9-7-17)23-20(26)19-5-3-14-29-19/h3,5-9,14,16H,4,10-13,15H2,1-2H3,(H,23,26). The minimum Gasteiger partial charge on any atom is -0.459 e. The Kier molecular flexibility index (Phi) is 7.11. The number of benzene rings is 1. The minimum atomic E-state index is -0.351. The van der Waals surface area contributed by atoms with Gasteiger partial charge < -0.3 is 24.3 Å². The molecule has 2 heterocycles. The van der Waals surface area contributed by atoms with Gasteiger partial charge >= 0.3 is 6.09 Å². The summed E-state index contributed by atoms with van der Waals surface area (Å²) >= 11 is 0. The van der Waals surface area contributed by atoms with Crippen molar-refractivity contribution < 1.29 is 23.5 Å². The molecule has 0 radical (unpaired) electrons. The van der Waals surface area contributed by atoms with E-state index in [0.717, 1.165) is 0 Å². The third-order valence-corrected chi connectivity index (χ3v) is 4.72. The average molecular weight is 413 g/mol. The van der Waals surface area contributed by atoms with Crippen LogP contribution >= 0.6 is 0 Å². The van der Waals surface area contributed by atoms with Crippen molar-refractivity contribution >= 4 is 23.6 Å². The highest BCUT2D eigenvalue weighted by Crippen LogP contribution is 2.15. The van der Waals surface area contributed by atoms with E-state index in [1.54, 1.807) is 46.2 Å². The van der Waals surface area contributed by atoms with Crippen LogP contribution in [0.15, 0.2) is 47.1 Å². The van der Waals surface area contributed by atoms with E-state index in [1.165, 1.54) is 6.26 Å². The Morgan fingerprint density at radius 3 is 2.40 bits per heavy atom. The summed E-state index contributed by atoms with van der Waals surface area (Å²) in [4.78, 5) is 40.4. The van der Waals surface area contributed by atoms with E-state index in [0.29, 0.717) is 50.5 Å². The zero-order valence-corrected chi connectivity index (χ0v) is 17.3. The summed E-state index contributed by atoms with van der Waals surface area (Å²) in [5.41, 5.74) is 1.10. The number of amides is 3. The van der Waals surface area contributed by atoms with Gasteiger partial charge in [0.05, 0.1) is 12.9 Å². The van der Waals surface area contributed by atoms with Crippen molar-refractivity contribution in [3.63, 3.8) is 0 Å². The third kappa shape index (κ3) is 5.62. The van der Waals surface area contributed by atoms with Crippen molar-refractivity contribution in [1.29, 1.82) is 0 Å². The lowest BCUT2D eigenvalue weighted by molar-refractivity contribution is 0.0746. The fraction of sp³-hybridized carbons (Fsp3) is 0.409. The number of rotatable bonds is 5. The summed E-state index contributed by atoms with van der Waals surface area (Å²) in [6.45, 7) is 6.41. The number of ether oxygens (including phenoxy) is 1. The van der Waals surface area contributed by atoms with Crippen LogP contribution in [0.1, 0.15) is 41.2 Å². The molecule has 1 N–H and O–H groups in total. The van der Waals surface area contributed by atoms with Gasteiger partial charge in [-0.3, -0.25) is 9.59 Å². The van der Waals surface area contributed by atoms with Crippen LogP contribution in [0.3, 0.4) is 0 Å². The molecule has 30 heavy (non-hydrogen) atoms. The van der Waals surface area contributed by atoms with Crippen LogP contribution in [0, 0.1) is 5.92 Å².